The fourth-order valence-corrected chi connectivity index (χ4v) is 3.70. The van der Waals surface area contributed by atoms with E-state index in [0.717, 1.165) is 11.1 Å². The van der Waals surface area contributed by atoms with E-state index in [9.17, 15) is 13.2 Å². The van der Waals surface area contributed by atoms with Gasteiger partial charge in [0.2, 0.25) is 0 Å². The minimum Gasteiger partial charge on any atom is -0.428 e. The van der Waals surface area contributed by atoms with Crippen molar-refractivity contribution in [1.82, 2.24) is 0 Å². The number of hydrogen-bond donors (Lipinski definition) is 1. The summed E-state index contributed by atoms with van der Waals surface area (Å²) in [7, 11) is -4.71. The number of carbonyl (C=O) groups excluding carboxylic acids is 1. The van der Waals surface area contributed by atoms with Crippen molar-refractivity contribution in [3.63, 3.8) is 0 Å². The highest BCUT2D eigenvalue weighted by Gasteiger charge is 2.40. The Labute approximate surface area is 152 Å². The molecule has 3 rings (SSSR count). The maximum atomic E-state index is 11.6. The van der Waals surface area contributed by atoms with E-state index >= 15 is 0 Å². The molecule has 0 heterocycles. The zero-order valence-corrected chi connectivity index (χ0v) is 14.8. The summed E-state index contributed by atoms with van der Waals surface area (Å²) in [5.41, 5.74) is 2.39. The van der Waals surface area contributed by atoms with Crippen LogP contribution in [0.1, 0.15) is 30.4 Å². The second-order valence-electron chi connectivity index (χ2n) is 5.95. The van der Waals surface area contributed by atoms with Crippen molar-refractivity contribution in [3.05, 3.63) is 77.5 Å². The molecular formula is C19H18O6S. The van der Waals surface area contributed by atoms with Gasteiger partial charge < -0.3 is 4.74 Å². The monoisotopic (exact) mass is 374 g/mol. The van der Waals surface area contributed by atoms with Gasteiger partial charge in [-0.2, -0.15) is 8.42 Å². The molecule has 1 N–H and O–H groups in total. The summed E-state index contributed by atoms with van der Waals surface area (Å²) in [6.07, 6.45) is -0.870. The van der Waals surface area contributed by atoms with E-state index < -0.39 is 22.5 Å². The van der Waals surface area contributed by atoms with Gasteiger partial charge in [0.05, 0.1) is 0 Å². The van der Waals surface area contributed by atoms with E-state index in [1.165, 1.54) is 6.92 Å². The summed E-state index contributed by atoms with van der Waals surface area (Å²) < 4.78 is 41.8. The Hall–Kier alpha value is -2.48. The number of carbonyl (C=O) groups is 1. The summed E-state index contributed by atoms with van der Waals surface area (Å²) in [5.74, 6) is -0.735. The van der Waals surface area contributed by atoms with E-state index in [1.807, 2.05) is 60.7 Å². The molecule has 1 aliphatic rings. The number of allylic oxidation sites excluding steroid dienone is 1. The Bertz CT molecular complexity index is 919. The Morgan fingerprint density at radius 2 is 1.62 bits per heavy atom. The molecule has 0 aromatic heterocycles. The summed E-state index contributed by atoms with van der Waals surface area (Å²) in [5, 5.41) is 0. The number of esters is 1. The average Bonchev–Trinajstić information content (AvgIpc) is 2.92. The predicted octanol–water partition coefficient (Wildman–Crippen LogP) is 3.34. The predicted molar refractivity (Wildman–Crippen MR) is 95.3 cm³/mol. The quantitative estimate of drug-likeness (QED) is 0.638. The molecule has 6 nitrogen and oxygen atoms in total. The van der Waals surface area contributed by atoms with E-state index in [-0.39, 0.29) is 18.1 Å². The zero-order valence-electron chi connectivity index (χ0n) is 14.0. The van der Waals surface area contributed by atoms with Crippen LogP contribution in [-0.2, 0) is 24.1 Å². The molecule has 0 radical (unpaired) electrons. The van der Waals surface area contributed by atoms with Gasteiger partial charge in [-0.3, -0.25) is 9.35 Å². The van der Waals surface area contributed by atoms with Gasteiger partial charge in [0, 0.05) is 18.4 Å². The molecule has 0 amide bonds. The van der Waals surface area contributed by atoms with Crippen molar-refractivity contribution in [2.75, 3.05) is 0 Å². The smallest absolute Gasteiger partial charge is 0.398 e. The SMILES string of the molecule is CC(=O)OC1=C(c2ccccc2)[C@H](c2ccccc2)C[C@H]1OS(=O)(=O)O. The van der Waals surface area contributed by atoms with E-state index in [0.29, 0.717) is 5.57 Å². The first-order valence-electron chi connectivity index (χ1n) is 8.03. The van der Waals surface area contributed by atoms with E-state index in [1.54, 1.807) is 0 Å². The van der Waals surface area contributed by atoms with Crippen LogP contribution in [0.15, 0.2) is 66.4 Å². The highest BCUT2D eigenvalue weighted by molar-refractivity contribution is 7.80. The Morgan fingerprint density at radius 3 is 2.15 bits per heavy atom. The van der Waals surface area contributed by atoms with E-state index in [4.69, 9.17) is 13.5 Å². The largest absolute Gasteiger partial charge is 0.428 e. The first-order valence-corrected chi connectivity index (χ1v) is 9.40. The zero-order chi connectivity index (χ0) is 18.7. The van der Waals surface area contributed by atoms with Crippen molar-refractivity contribution in [1.29, 1.82) is 0 Å². The van der Waals surface area contributed by atoms with Gasteiger partial charge in [0.15, 0.2) is 0 Å². The van der Waals surface area contributed by atoms with Crippen LogP contribution in [0.25, 0.3) is 5.57 Å². The first kappa shape index (κ1) is 18.3. The molecule has 2 aromatic carbocycles. The number of ether oxygens (including phenoxy) is 1. The fourth-order valence-electron chi connectivity index (χ4n) is 3.24. The molecule has 136 valence electrons. The molecule has 0 spiro atoms. The Balaban J connectivity index is 2.16. The maximum absolute atomic E-state index is 11.6. The van der Waals surface area contributed by atoms with Gasteiger partial charge >= 0.3 is 16.4 Å². The lowest BCUT2D eigenvalue weighted by molar-refractivity contribution is -0.138. The molecule has 0 fully saturated rings. The molecule has 0 bridgehead atoms. The average molecular weight is 374 g/mol. The van der Waals surface area contributed by atoms with Gasteiger partial charge in [0.25, 0.3) is 0 Å². The van der Waals surface area contributed by atoms with Crippen molar-refractivity contribution in [2.24, 2.45) is 0 Å². The van der Waals surface area contributed by atoms with Crippen molar-refractivity contribution in [2.45, 2.75) is 25.4 Å². The Morgan fingerprint density at radius 1 is 1.04 bits per heavy atom. The van der Waals surface area contributed by atoms with Crippen LogP contribution in [0, 0.1) is 0 Å². The van der Waals surface area contributed by atoms with Crippen LogP contribution in [-0.4, -0.2) is 25.0 Å². The second-order valence-corrected chi connectivity index (χ2v) is 7.00. The van der Waals surface area contributed by atoms with Crippen LogP contribution in [0.4, 0.5) is 0 Å². The van der Waals surface area contributed by atoms with Crippen molar-refractivity contribution >= 4 is 21.9 Å². The van der Waals surface area contributed by atoms with E-state index in [2.05, 4.69) is 0 Å². The van der Waals surface area contributed by atoms with Gasteiger partial charge in [-0.1, -0.05) is 60.7 Å². The van der Waals surface area contributed by atoms with Gasteiger partial charge in [-0.15, -0.1) is 0 Å². The minimum absolute atomic E-state index is 0.107. The molecule has 0 saturated carbocycles. The first-order chi connectivity index (χ1) is 12.3. The van der Waals surface area contributed by atoms with Crippen LogP contribution in [0.2, 0.25) is 0 Å². The minimum atomic E-state index is -4.71. The van der Waals surface area contributed by atoms with Crippen LogP contribution in [0.3, 0.4) is 0 Å². The highest BCUT2D eigenvalue weighted by atomic mass is 32.3. The fraction of sp³-hybridized carbons (Fsp3) is 0.211. The summed E-state index contributed by atoms with van der Waals surface area (Å²) in [6, 6.07) is 18.7. The van der Waals surface area contributed by atoms with Crippen LogP contribution >= 0.6 is 0 Å². The van der Waals surface area contributed by atoms with Crippen molar-refractivity contribution in [3.8, 4) is 0 Å². The normalized spacial score (nSPS) is 20.2. The highest BCUT2D eigenvalue weighted by Crippen LogP contribution is 2.47. The third-order valence-corrected chi connectivity index (χ3v) is 4.61. The molecule has 2 aromatic rings. The van der Waals surface area contributed by atoms with Gasteiger partial charge in [-0.25, -0.2) is 4.18 Å². The third-order valence-electron chi connectivity index (χ3n) is 4.13. The molecule has 26 heavy (non-hydrogen) atoms. The lowest BCUT2D eigenvalue weighted by Gasteiger charge is -2.16. The lowest BCUT2D eigenvalue weighted by Crippen LogP contribution is -2.20. The molecule has 7 heteroatoms. The Kier molecular flexibility index (Phi) is 5.22. The summed E-state index contributed by atoms with van der Waals surface area (Å²) in [4.78, 5) is 11.6. The van der Waals surface area contributed by atoms with Crippen LogP contribution in [0.5, 0.6) is 0 Å². The summed E-state index contributed by atoms with van der Waals surface area (Å²) in [6.45, 7) is 1.23. The molecule has 1 aliphatic carbocycles. The molecule has 0 aliphatic heterocycles. The maximum Gasteiger partial charge on any atom is 0.398 e. The standard InChI is InChI=1S/C19H18O6S/c1-13(20)24-19-17(25-26(21,22)23)12-16(14-8-4-2-5-9-14)18(19)15-10-6-3-7-11-15/h2-11,16-17H,12H2,1H3,(H,21,22,23)/t16-,17+/m0/s1. The molecule has 2 atom stereocenters. The number of rotatable bonds is 5. The molecule has 0 unspecified atom stereocenters. The van der Waals surface area contributed by atoms with Crippen molar-refractivity contribution < 1.29 is 26.7 Å². The third kappa shape index (κ3) is 4.19. The van der Waals surface area contributed by atoms with Crippen LogP contribution < -0.4 is 0 Å². The second kappa shape index (κ2) is 7.41. The molecule has 0 saturated heterocycles. The topological polar surface area (TPSA) is 89.9 Å². The number of hydrogen-bond acceptors (Lipinski definition) is 5. The summed E-state index contributed by atoms with van der Waals surface area (Å²) >= 11 is 0. The lowest BCUT2D eigenvalue weighted by atomic mass is 9.88. The number of benzene rings is 2. The van der Waals surface area contributed by atoms with Gasteiger partial charge in [0.1, 0.15) is 11.9 Å². The molecular weight excluding hydrogens is 356 g/mol. The van der Waals surface area contributed by atoms with Gasteiger partial charge in [-0.05, 0) is 17.5 Å².